The lowest BCUT2D eigenvalue weighted by Gasteiger charge is -2.07. The van der Waals surface area contributed by atoms with Crippen LogP contribution in [0.5, 0.6) is 0 Å². The van der Waals surface area contributed by atoms with Crippen LogP contribution in [-0.2, 0) is 17.9 Å². The molecule has 0 aromatic heterocycles. The van der Waals surface area contributed by atoms with E-state index in [4.69, 9.17) is 10.4 Å². The van der Waals surface area contributed by atoms with Crippen molar-refractivity contribution in [1.82, 2.24) is 0 Å². The highest BCUT2D eigenvalue weighted by Gasteiger charge is 2.05. The van der Waals surface area contributed by atoms with Gasteiger partial charge in [0.2, 0.25) is 0 Å². The van der Waals surface area contributed by atoms with Gasteiger partial charge in [-0.15, -0.1) is 0 Å². The van der Waals surface area contributed by atoms with E-state index in [9.17, 15) is 4.79 Å². The van der Waals surface area contributed by atoms with Gasteiger partial charge in [-0.25, -0.2) is 4.89 Å². The van der Waals surface area contributed by atoms with E-state index in [2.05, 4.69) is 4.89 Å². The average Bonchev–Trinajstić information content (AvgIpc) is 2.25. The van der Waals surface area contributed by atoms with E-state index in [0.717, 1.165) is 5.56 Å². The summed E-state index contributed by atoms with van der Waals surface area (Å²) in [6.07, 6.45) is 0.505. The van der Waals surface area contributed by atoms with Gasteiger partial charge in [0.05, 0.1) is 13.2 Å². The number of hydrogen-bond acceptors (Lipinski definition) is 4. The zero-order chi connectivity index (χ0) is 11.3. The summed E-state index contributed by atoms with van der Waals surface area (Å²) in [5.41, 5.74) is 2.14. The Bertz CT molecular complexity index is 346. The standard InChI is InChI=1S/C11H14O4/c1-8(13)10-3-2-9(4-5-15-14)11(6-10)7-12/h2-3,6,12,14H,4-5,7H2,1H3. The first-order chi connectivity index (χ1) is 7.19. The van der Waals surface area contributed by atoms with Crippen molar-refractivity contribution in [3.8, 4) is 0 Å². The van der Waals surface area contributed by atoms with Gasteiger partial charge in [-0.3, -0.25) is 10.1 Å². The van der Waals surface area contributed by atoms with E-state index in [1.807, 2.05) is 0 Å². The Morgan fingerprint density at radius 2 is 2.13 bits per heavy atom. The Kier molecular flexibility index (Phi) is 4.42. The van der Waals surface area contributed by atoms with Crippen molar-refractivity contribution >= 4 is 5.78 Å². The van der Waals surface area contributed by atoms with Crippen molar-refractivity contribution in [3.05, 3.63) is 34.9 Å². The number of aliphatic hydroxyl groups is 1. The lowest BCUT2D eigenvalue weighted by molar-refractivity contribution is -0.241. The molecule has 15 heavy (non-hydrogen) atoms. The molecule has 82 valence electrons. The van der Waals surface area contributed by atoms with Gasteiger partial charge in [-0.05, 0) is 30.5 Å². The summed E-state index contributed by atoms with van der Waals surface area (Å²) in [5.74, 6) is -0.0327. The van der Waals surface area contributed by atoms with Gasteiger partial charge < -0.3 is 5.11 Å². The van der Waals surface area contributed by atoms with Crippen LogP contribution in [0.15, 0.2) is 18.2 Å². The van der Waals surface area contributed by atoms with Crippen LogP contribution in [0.1, 0.15) is 28.4 Å². The number of aliphatic hydroxyl groups excluding tert-OH is 1. The van der Waals surface area contributed by atoms with Gasteiger partial charge in [0.1, 0.15) is 0 Å². The lowest BCUT2D eigenvalue weighted by atomic mass is 10.0. The highest BCUT2D eigenvalue weighted by Crippen LogP contribution is 2.13. The van der Waals surface area contributed by atoms with Crippen LogP contribution >= 0.6 is 0 Å². The van der Waals surface area contributed by atoms with E-state index < -0.39 is 0 Å². The fraction of sp³-hybridized carbons (Fsp3) is 0.364. The maximum Gasteiger partial charge on any atom is 0.159 e. The number of rotatable bonds is 5. The van der Waals surface area contributed by atoms with E-state index in [1.54, 1.807) is 18.2 Å². The summed E-state index contributed by atoms with van der Waals surface area (Å²) in [5, 5.41) is 17.3. The first-order valence-corrected chi connectivity index (χ1v) is 4.69. The highest BCUT2D eigenvalue weighted by molar-refractivity contribution is 5.94. The Hall–Kier alpha value is -1.23. The number of benzene rings is 1. The number of ketones is 1. The Balaban J connectivity index is 2.93. The normalized spacial score (nSPS) is 10.3. The van der Waals surface area contributed by atoms with Crippen LogP contribution in [0.4, 0.5) is 0 Å². The molecule has 0 saturated carbocycles. The zero-order valence-electron chi connectivity index (χ0n) is 8.56. The summed E-state index contributed by atoms with van der Waals surface area (Å²) in [6, 6.07) is 5.13. The Labute approximate surface area is 88.0 Å². The quantitative estimate of drug-likeness (QED) is 0.438. The summed E-state index contributed by atoms with van der Waals surface area (Å²) in [7, 11) is 0. The van der Waals surface area contributed by atoms with Crippen molar-refractivity contribution in [3.63, 3.8) is 0 Å². The van der Waals surface area contributed by atoms with E-state index in [-0.39, 0.29) is 19.0 Å². The molecule has 4 nitrogen and oxygen atoms in total. The third-order valence-corrected chi connectivity index (χ3v) is 2.25. The summed E-state index contributed by atoms with van der Waals surface area (Å²) in [6.45, 7) is 1.53. The molecule has 0 atom stereocenters. The van der Waals surface area contributed by atoms with Crippen molar-refractivity contribution < 1.29 is 20.0 Å². The SMILES string of the molecule is CC(=O)c1ccc(CCOO)c(CO)c1. The monoisotopic (exact) mass is 210 g/mol. The fourth-order valence-electron chi connectivity index (χ4n) is 1.39. The molecule has 0 aliphatic rings. The second-order valence-electron chi connectivity index (χ2n) is 3.28. The molecule has 0 saturated heterocycles. The first kappa shape index (κ1) is 11.8. The molecule has 0 aliphatic heterocycles. The molecule has 0 heterocycles. The maximum absolute atomic E-state index is 11.1. The van der Waals surface area contributed by atoms with Crippen molar-refractivity contribution in [2.24, 2.45) is 0 Å². The van der Waals surface area contributed by atoms with Crippen molar-refractivity contribution in [2.75, 3.05) is 6.61 Å². The predicted octanol–water partition coefficient (Wildman–Crippen LogP) is 1.41. The van der Waals surface area contributed by atoms with E-state index >= 15 is 0 Å². The maximum atomic E-state index is 11.1. The minimum absolute atomic E-state index is 0.0327. The molecule has 0 radical (unpaired) electrons. The molecule has 0 aliphatic carbocycles. The third-order valence-electron chi connectivity index (χ3n) is 2.25. The molecule has 1 aromatic rings. The Morgan fingerprint density at radius 1 is 1.40 bits per heavy atom. The topological polar surface area (TPSA) is 66.8 Å². The number of carbonyl (C=O) groups is 1. The average molecular weight is 210 g/mol. The van der Waals surface area contributed by atoms with Gasteiger partial charge in [0, 0.05) is 5.56 Å². The Morgan fingerprint density at radius 3 is 2.67 bits per heavy atom. The minimum atomic E-state index is -0.123. The molecule has 1 aromatic carbocycles. The van der Waals surface area contributed by atoms with Gasteiger partial charge >= 0.3 is 0 Å². The molecule has 1 rings (SSSR count). The van der Waals surface area contributed by atoms with E-state index in [0.29, 0.717) is 17.5 Å². The summed E-state index contributed by atoms with van der Waals surface area (Å²) in [4.78, 5) is 15.1. The second-order valence-corrected chi connectivity index (χ2v) is 3.28. The van der Waals surface area contributed by atoms with Crippen LogP contribution in [0.25, 0.3) is 0 Å². The van der Waals surface area contributed by atoms with Gasteiger partial charge in [-0.1, -0.05) is 12.1 Å². The highest BCUT2D eigenvalue weighted by atomic mass is 17.1. The number of hydrogen-bond donors (Lipinski definition) is 2. The summed E-state index contributed by atoms with van der Waals surface area (Å²) < 4.78 is 0. The minimum Gasteiger partial charge on any atom is -0.392 e. The van der Waals surface area contributed by atoms with Crippen LogP contribution < -0.4 is 0 Å². The first-order valence-electron chi connectivity index (χ1n) is 4.69. The molecule has 0 fully saturated rings. The zero-order valence-corrected chi connectivity index (χ0v) is 8.56. The van der Waals surface area contributed by atoms with Crippen LogP contribution in [-0.4, -0.2) is 22.8 Å². The van der Waals surface area contributed by atoms with Crippen molar-refractivity contribution in [2.45, 2.75) is 20.0 Å². The number of Topliss-reactive ketones (excluding diaryl/α,β-unsaturated/α-hetero) is 1. The van der Waals surface area contributed by atoms with Gasteiger partial charge in [0.25, 0.3) is 0 Å². The van der Waals surface area contributed by atoms with Gasteiger partial charge in [0.15, 0.2) is 5.78 Å². The second kappa shape index (κ2) is 5.60. The molecular weight excluding hydrogens is 196 g/mol. The molecular formula is C11H14O4. The molecule has 0 amide bonds. The molecule has 0 bridgehead atoms. The lowest BCUT2D eigenvalue weighted by Crippen LogP contribution is -2.02. The van der Waals surface area contributed by atoms with Crippen LogP contribution in [0, 0.1) is 0 Å². The van der Waals surface area contributed by atoms with E-state index in [1.165, 1.54) is 6.92 Å². The predicted molar refractivity (Wildman–Crippen MR) is 54.7 cm³/mol. The molecule has 4 heteroatoms. The molecule has 2 N–H and O–H groups in total. The smallest absolute Gasteiger partial charge is 0.159 e. The largest absolute Gasteiger partial charge is 0.392 e. The fourth-order valence-corrected chi connectivity index (χ4v) is 1.39. The molecule has 0 unspecified atom stereocenters. The molecule has 0 spiro atoms. The number of carbonyl (C=O) groups excluding carboxylic acids is 1. The summed E-state index contributed by atoms with van der Waals surface area (Å²) >= 11 is 0. The third kappa shape index (κ3) is 3.13. The van der Waals surface area contributed by atoms with Crippen LogP contribution in [0.2, 0.25) is 0 Å². The van der Waals surface area contributed by atoms with Crippen molar-refractivity contribution in [1.29, 1.82) is 0 Å². The van der Waals surface area contributed by atoms with Crippen LogP contribution in [0.3, 0.4) is 0 Å². The van der Waals surface area contributed by atoms with Gasteiger partial charge in [-0.2, -0.15) is 0 Å².